The fraction of sp³-hybridized carbons (Fsp3) is 0.381. The highest BCUT2D eigenvalue weighted by Gasteiger charge is 2.51. The van der Waals surface area contributed by atoms with E-state index in [0.29, 0.717) is 15.8 Å². The van der Waals surface area contributed by atoms with Crippen LogP contribution >= 0.6 is 22.9 Å². The standard InChI is InChI=1S/C21H23ClN6OS/c1-12-7-24-18(30-12)20(2,29)13-4-5-14-16(6-13)28(11-21(14)9-27(3)10-21)17-15(22)8-25-19(23)26-17/h4-8,29H,9-11H2,1-3H3,(H2,23,25,26). The molecule has 0 bridgehead atoms. The number of hydrogen-bond acceptors (Lipinski definition) is 8. The molecule has 4 heterocycles. The highest BCUT2D eigenvalue weighted by atomic mass is 35.5. The third-order valence-electron chi connectivity index (χ3n) is 6.07. The smallest absolute Gasteiger partial charge is 0.222 e. The molecule has 156 valence electrons. The summed E-state index contributed by atoms with van der Waals surface area (Å²) >= 11 is 7.96. The molecular formula is C21H23ClN6OS. The van der Waals surface area contributed by atoms with E-state index in [1.165, 1.54) is 23.1 Å². The lowest BCUT2D eigenvalue weighted by Crippen LogP contribution is -2.59. The van der Waals surface area contributed by atoms with Gasteiger partial charge in [-0.3, -0.25) is 0 Å². The van der Waals surface area contributed by atoms with Crippen LogP contribution in [0, 0.1) is 6.92 Å². The number of aromatic nitrogens is 3. The van der Waals surface area contributed by atoms with Gasteiger partial charge in [0.25, 0.3) is 0 Å². The van der Waals surface area contributed by atoms with Crippen molar-refractivity contribution in [2.45, 2.75) is 24.9 Å². The number of hydrogen-bond donors (Lipinski definition) is 2. The lowest BCUT2D eigenvalue weighted by molar-refractivity contribution is 0.101. The Labute approximate surface area is 184 Å². The predicted octanol–water partition coefficient (Wildman–Crippen LogP) is 3.07. The molecule has 0 radical (unpaired) electrons. The number of likely N-dealkylation sites (N-methyl/N-ethyl adjacent to an activating group) is 1. The summed E-state index contributed by atoms with van der Waals surface area (Å²) < 4.78 is 0. The molecule has 9 heteroatoms. The number of rotatable bonds is 3. The first kappa shape index (κ1) is 19.7. The summed E-state index contributed by atoms with van der Waals surface area (Å²) in [5, 5.41) is 12.5. The second-order valence-electron chi connectivity index (χ2n) is 8.52. The number of nitrogen functional groups attached to an aromatic ring is 1. The molecule has 0 aliphatic carbocycles. The lowest BCUT2D eigenvalue weighted by atomic mass is 9.75. The SMILES string of the molecule is Cc1cnc(C(C)(O)c2ccc3c(c2)N(c2nc(N)ncc2Cl)CC32CN(C)C2)s1. The van der Waals surface area contributed by atoms with Crippen molar-refractivity contribution < 1.29 is 5.11 Å². The van der Waals surface area contributed by atoms with E-state index in [1.807, 2.05) is 19.1 Å². The number of aliphatic hydroxyl groups is 1. The van der Waals surface area contributed by atoms with E-state index in [9.17, 15) is 5.11 Å². The minimum absolute atomic E-state index is 0.00921. The normalized spacial score (nSPS) is 19.6. The Morgan fingerprint density at radius 3 is 2.67 bits per heavy atom. The number of thiazole rings is 1. The molecule has 1 spiro atoms. The molecular weight excluding hydrogens is 420 g/mol. The molecule has 0 saturated carbocycles. The van der Waals surface area contributed by atoms with Crippen molar-refractivity contribution in [2.75, 3.05) is 37.3 Å². The van der Waals surface area contributed by atoms with Gasteiger partial charge in [0.05, 0.1) is 6.20 Å². The van der Waals surface area contributed by atoms with Crippen LogP contribution in [0.4, 0.5) is 17.5 Å². The van der Waals surface area contributed by atoms with Gasteiger partial charge >= 0.3 is 0 Å². The Morgan fingerprint density at radius 2 is 2.00 bits per heavy atom. The van der Waals surface area contributed by atoms with Gasteiger partial charge in [-0.1, -0.05) is 23.7 Å². The number of fused-ring (bicyclic) bond motifs is 2. The summed E-state index contributed by atoms with van der Waals surface area (Å²) in [5.74, 6) is 0.780. The predicted molar refractivity (Wildman–Crippen MR) is 120 cm³/mol. The van der Waals surface area contributed by atoms with Gasteiger partial charge in [-0.2, -0.15) is 4.98 Å². The summed E-state index contributed by atoms with van der Waals surface area (Å²) in [5.41, 5.74) is 7.70. The van der Waals surface area contributed by atoms with Gasteiger partial charge < -0.3 is 20.6 Å². The average molecular weight is 443 g/mol. The first-order chi connectivity index (χ1) is 14.2. The molecule has 7 nitrogen and oxygen atoms in total. The van der Waals surface area contributed by atoms with Crippen molar-refractivity contribution in [3.05, 3.63) is 56.6 Å². The third kappa shape index (κ3) is 2.90. The Hall–Kier alpha value is -2.26. The summed E-state index contributed by atoms with van der Waals surface area (Å²) in [6.45, 7) is 6.44. The van der Waals surface area contributed by atoms with Crippen LogP contribution in [0.2, 0.25) is 5.02 Å². The van der Waals surface area contributed by atoms with Crippen LogP contribution in [0.5, 0.6) is 0 Å². The average Bonchev–Trinajstić information content (AvgIpc) is 3.26. The highest BCUT2D eigenvalue weighted by molar-refractivity contribution is 7.11. The van der Waals surface area contributed by atoms with Crippen molar-refractivity contribution >= 4 is 40.4 Å². The van der Waals surface area contributed by atoms with Crippen LogP contribution in [-0.4, -0.2) is 51.6 Å². The molecule has 3 aromatic rings. The Bertz CT molecular complexity index is 1140. The number of aryl methyl sites for hydroxylation is 1. The largest absolute Gasteiger partial charge is 0.378 e. The molecule has 0 amide bonds. The van der Waals surface area contributed by atoms with Crippen molar-refractivity contribution in [2.24, 2.45) is 0 Å². The zero-order valence-electron chi connectivity index (χ0n) is 17.1. The van der Waals surface area contributed by atoms with E-state index >= 15 is 0 Å². The number of benzene rings is 1. The van der Waals surface area contributed by atoms with E-state index < -0.39 is 5.60 Å². The second-order valence-corrected chi connectivity index (χ2v) is 10.2. The van der Waals surface area contributed by atoms with Gasteiger partial charge in [0.1, 0.15) is 15.6 Å². The van der Waals surface area contributed by atoms with Gasteiger partial charge in [-0.15, -0.1) is 11.3 Å². The molecule has 1 unspecified atom stereocenters. The zero-order valence-corrected chi connectivity index (χ0v) is 18.6. The second kappa shape index (κ2) is 6.62. The minimum Gasteiger partial charge on any atom is -0.378 e. The Balaban J connectivity index is 1.64. The highest BCUT2D eigenvalue weighted by Crippen LogP contribution is 2.50. The van der Waals surface area contributed by atoms with Crippen LogP contribution in [0.25, 0.3) is 0 Å². The number of likely N-dealkylation sites (tertiary alicyclic amines) is 1. The molecule has 5 rings (SSSR count). The Morgan fingerprint density at radius 1 is 1.23 bits per heavy atom. The summed E-state index contributed by atoms with van der Waals surface area (Å²) in [7, 11) is 2.12. The van der Waals surface area contributed by atoms with E-state index in [0.717, 1.165) is 35.8 Å². The molecule has 1 aromatic carbocycles. The fourth-order valence-electron chi connectivity index (χ4n) is 4.69. The van der Waals surface area contributed by atoms with Gasteiger partial charge in [-0.05, 0) is 38.1 Å². The van der Waals surface area contributed by atoms with Gasteiger partial charge in [-0.25, -0.2) is 9.97 Å². The molecule has 2 aliphatic heterocycles. The molecule has 2 aliphatic rings. The van der Waals surface area contributed by atoms with E-state index in [1.54, 1.807) is 13.1 Å². The van der Waals surface area contributed by atoms with E-state index in [4.69, 9.17) is 17.3 Å². The maximum Gasteiger partial charge on any atom is 0.222 e. The Kier molecular flexibility index (Phi) is 4.34. The van der Waals surface area contributed by atoms with Gasteiger partial charge in [0.15, 0.2) is 5.82 Å². The van der Waals surface area contributed by atoms with E-state index in [2.05, 4.69) is 37.9 Å². The van der Waals surface area contributed by atoms with Gasteiger partial charge in [0.2, 0.25) is 5.95 Å². The maximum atomic E-state index is 11.4. The van der Waals surface area contributed by atoms with Crippen molar-refractivity contribution in [1.82, 2.24) is 19.9 Å². The number of nitrogens with zero attached hydrogens (tertiary/aromatic N) is 5. The third-order valence-corrected chi connectivity index (χ3v) is 7.46. The van der Waals surface area contributed by atoms with Crippen LogP contribution in [0.3, 0.4) is 0 Å². The monoisotopic (exact) mass is 442 g/mol. The van der Waals surface area contributed by atoms with Crippen LogP contribution in [0.1, 0.15) is 27.9 Å². The lowest BCUT2D eigenvalue weighted by Gasteiger charge is -2.46. The molecule has 1 saturated heterocycles. The topological polar surface area (TPSA) is 91.4 Å². The minimum atomic E-state index is -1.19. The summed E-state index contributed by atoms with van der Waals surface area (Å²) in [6, 6.07) is 6.17. The van der Waals surface area contributed by atoms with Crippen molar-refractivity contribution in [3.8, 4) is 0 Å². The molecule has 30 heavy (non-hydrogen) atoms. The summed E-state index contributed by atoms with van der Waals surface area (Å²) in [4.78, 5) is 18.3. The number of halogens is 1. The van der Waals surface area contributed by atoms with Crippen LogP contribution in [-0.2, 0) is 11.0 Å². The van der Waals surface area contributed by atoms with E-state index in [-0.39, 0.29) is 11.4 Å². The first-order valence-electron chi connectivity index (χ1n) is 9.74. The molecule has 1 atom stereocenters. The quantitative estimate of drug-likeness (QED) is 0.644. The maximum absolute atomic E-state index is 11.4. The molecule has 2 aromatic heterocycles. The fourth-order valence-corrected chi connectivity index (χ4v) is 5.71. The first-order valence-corrected chi connectivity index (χ1v) is 10.9. The zero-order chi connectivity index (χ0) is 21.3. The van der Waals surface area contributed by atoms with Crippen LogP contribution < -0.4 is 10.6 Å². The summed E-state index contributed by atoms with van der Waals surface area (Å²) in [6.07, 6.45) is 3.33. The van der Waals surface area contributed by atoms with Crippen molar-refractivity contribution in [1.29, 1.82) is 0 Å². The van der Waals surface area contributed by atoms with Gasteiger partial charge in [0, 0.05) is 41.8 Å². The molecule has 3 N–H and O–H groups in total. The van der Waals surface area contributed by atoms with Crippen LogP contribution in [0.15, 0.2) is 30.6 Å². The molecule has 1 fully saturated rings. The number of anilines is 3. The van der Waals surface area contributed by atoms with Crippen molar-refractivity contribution in [3.63, 3.8) is 0 Å². The number of nitrogens with two attached hydrogens (primary N) is 1.